The van der Waals surface area contributed by atoms with E-state index < -0.39 is 11.9 Å². The topological polar surface area (TPSA) is 131 Å². The Morgan fingerprint density at radius 2 is 1.91 bits per heavy atom. The molecule has 0 aliphatic heterocycles. The van der Waals surface area contributed by atoms with Gasteiger partial charge < -0.3 is 34.7 Å². The summed E-state index contributed by atoms with van der Waals surface area (Å²) in [5.41, 5.74) is 2.53. The molecular weight excluding hydrogens is 620 g/mol. The maximum absolute atomic E-state index is 15.1. The van der Waals surface area contributed by atoms with Gasteiger partial charge >= 0.3 is 6.09 Å². The Balaban J connectivity index is 1.27. The Morgan fingerprint density at radius 1 is 1.11 bits per heavy atom. The van der Waals surface area contributed by atoms with Crippen LogP contribution in [0.3, 0.4) is 0 Å². The minimum absolute atomic E-state index is 0.00821. The van der Waals surface area contributed by atoms with Crippen LogP contribution in [0.2, 0.25) is 0 Å². The number of anilines is 1. The molecule has 5 rings (SSSR count). The zero-order chi connectivity index (χ0) is 31.9. The standard InChI is InChI=1S/C31H29FN6O5S2/c1-37-21(18-38(31(40)41)12-13-42-2)17-34-29(37)26-16-23-28(45-26)25(10-11-33-23)43-24-9-8-20(15-22(24)32)35-30(44)36-27(39)14-19-6-4-3-5-7-19/h3-11,15-17H,12-14,18H2,1-2H3,(H,40,41)(H2,35,36,39,44). The molecule has 3 heterocycles. The van der Waals surface area contributed by atoms with Gasteiger partial charge in [-0.05, 0) is 36.0 Å². The Kier molecular flexibility index (Phi) is 9.97. The van der Waals surface area contributed by atoms with Gasteiger partial charge in [-0.2, -0.15) is 0 Å². The molecule has 0 saturated heterocycles. The number of methoxy groups -OCH3 is 1. The highest BCUT2D eigenvalue weighted by Gasteiger charge is 2.19. The van der Waals surface area contributed by atoms with Gasteiger partial charge in [-0.3, -0.25) is 9.78 Å². The number of aromatic nitrogens is 3. The van der Waals surface area contributed by atoms with Crippen molar-refractivity contribution in [2.75, 3.05) is 25.6 Å². The fourth-order valence-corrected chi connectivity index (χ4v) is 5.79. The number of carbonyl (C=O) groups is 2. The van der Waals surface area contributed by atoms with Crippen LogP contribution in [0.5, 0.6) is 11.5 Å². The molecule has 0 fully saturated rings. The molecule has 0 unspecified atom stereocenters. The van der Waals surface area contributed by atoms with Crippen molar-refractivity contribution in [2.45, 2.75) is 13.0 Å². The van der Waals surface area contributed by atoms with Crippen molar-refractivity contribution in [1.29, 1.82) is 0 Å². The predicted molar refractivity (Wildman–Crippen MR) is 173 cm³/mol. The predicted octanol–water partition coefficient (Wildman–Crippen LogP) is 5.81. The summed E-state index contributed by atoms with van der Waals surface area (Å²) in [7, 11) is 3.33. The molecule has 14 heteroatoms. The smallest absolute Gasteiger partial charge is 0.407 e. The quantitative estimate of drug-likeness (QED) is 0.152. The van der Waals surface area contributed by atoms with Crippen LogP contribution in [-0.4, -0.2) is 61.9 Å². The third-order valence-corrected chi connectivity index (χ3v) is 8.08. The van der Waals surface area contributed by atoms with Crippen molar-refractivity contribution in [1.82, 2.24) is 24.8 Å². The van der Waals surface area contributed by atoms with Gasteiger partial charge in [0.05, 0.1) is 46.6 Å². The van der Waals surface area contributed by atoms with Gasteiger partial charge in [0.2, 0.25) is 5.91 Å². The molecule has 0 aliphatic carbocycles. The van der Waals surface area contributed by atoms with E-state index in [9.17, 15) is 14.7 Å². The molecule has 11 nitrogen and oxygen atoms in total. The first kappa shape index (κ1) is 31.5. The van der Waals surface area contributed by atoms with Crippen molar-refractivity contribution in [3.8, 4) is 22.2 Å². The number of imidazole rings is 1. The average Bonchev–Trinajstić information content (AvgIpc) is 3.60. The summed E-state index contributed by atoms with van der Waals surface area (Å²) in [6, 6.07) is 17.0. The molecule has 2 aromatic carbocycles. The summed E-state index contributed by atoms with van der Waals surface area (Å²) in [6.07, 6.45) is 2.32. The van der Waals surface area contributed by atoms with Crippen molar-refractivity contribution >= 4 is 56.6 Å². The fraction of sp³-hybridized carbons (Fsp3) is 0.194. The summed E-state index contributed by atoms with van der Waals surface area (Å²) < 4.78 is 28.6. The third kappa shape index (κ3) is 7.78. The molecule has 232 valence electrons. The van der Waals surface area contributed by atoms with Gasteiger partial charge in [-0.25, -0.2) is 14.2 Å². The minimum atomic E-state index is -1.05. The van der Waals surface area contributed by atoms with Gasteiger partial charge in [-0.15, -0.1) is 11.3 Å². The van der Waals surface area contributed by atoms with E-state index in [0.717, 1.165) is 10.4 Å². The minimum Gasteiger partial charge on any atom is -0.465 e. The number of amides is 2. The molecule has 3 aromatic heterocycles. The Morgan fingerprint density at radius 3 is 2.64 bits per heavy atom. The highest BCUT2D eigenvalue weighted by Crippen LogP contribution is 2.39. The summed E-state index contributed by atoms with van der Waals surface area (Å²) >= 11 is 6.60. The van der Waals surface area contributed by atoms with Crippen LogP contribution in [0.15, 0.2) is 73.1 Å². The van der Waals surface area contributed by atoms with Crippen molar-refractivity contribution in [3.63, 3.8) is 0 Å². The number of fused-ring (bicyclic) bond motifs is 1. The number of carbonyl (C=O) groups excluding carboxylic acids is 1. The van der Waals surface area contributed by atoms with Crippen LogP contribution < -0.4 is 15.4 Å². The van der Waals surface area contributed by atoms with E-state index >= 15 is 4.39 Å². The first-order valence-electron chi connectivity index (χ1n) is 13.7. The van der Waals surface area contributed by atoms with Gasteiger partial charge in [0.1, 0.15) is 11.6 Å². The zero-order valence-electron chi connectivity index (χ0n) is 24.3. The Hall–Kier alpha value is -4.92. The van der Waals surface area contributed by atoms with Crippen LogP contribution in [0.4, 0.5) is 14.9 Å². The maximum Gasteiger partial charge on any atom is 0.407 e. The van der Waals surface area contributed by atoms with Gasteiger partial charge in [0.25, 0.3) is 0 Å². The second-order valence-corrected chi connectivity index (χ2v) is 11.3. The van der Waals surface area contributed by atoms with E-state index in [-0.39, 0.29) is 42.9 Å². The number of hydrogen-bond acceptors (Lipinski definition) is 8. The lowest BCUT2D eigenvalue weighted by Gasteiger charge is -2.18. The van der Waals surface area contributed by atoms with Gasteiger partial charge in [0, 0.05) is 44.7 Å². The molecule has 0 spiro atoms. The van der Waals surface area contributed by atoms with E-state index in [1.165, 1.54) is 35.5 Å². The number of halogens is 1. The molecule has 3 N–H and O–H groups in total. The first-order valence-corrected chi connectivity index (χ1v) is 14.9. The number of rotatable bonds is 11. The molecule has 0 bridgehead atoms. The fourth-order valence-electron chi connectivity index (χ4n) is 4.46. The Bertz CT molecular complexity index is 1850. The summed E-state index contributed by atoms with van der Waals surface area (Å²) in [5.74, 6) is 0.105. The van der Waals surface area contributed by atoms with Crippen molar-refractivity contribution < 1.29 is 28.6 Å². The van der Waals surface area contributed by atoms with Crippen LogP contribution >= 0.6 is 23.6 Å². The molecular formula is C31H29FN6O5S2. The number of carboxylic acid groups (broad SMARTS) is 1. The van der Waals surface area contributed by atoms with E-state index in [0.29, 0.717) is 33.2 Å². The van der Waals surface area contributed by atoms with E-state index in [4.69, 9.17) is 21.7 Å². The van der Waals surface area contributed by atoms with Crippen molar-refractivity contribution in [2.24, 2.45) is 7.05 Å². The second-order valence-electron chi connectivity index (χ2n) is 9.88. The van der Waals surface area contributed by atoms with E-state index in [1.807, 2.05) is 48.0 Å². The number of thiocarbonyl (C=S) groups is 1. The SMILES string of the molecule is COCCN(Cc1cnc(-c2cc3nccc(Oc4ccc(NC(=S)NC(=O)Cc5ccccc5)cc4F)c3s2)n1C)C(=O)O. The molecule has 45 heavy (non-hydrogen) atoms. The molecule has 0 saturated carbocycles. The van der Waals surface area contributed by atoms with E-state index in [2.05, 4.69) is 20.6 Å². The number of nitrogens with one attached hydrogen (secondary N) is 2. The van der Waals surface area contributed by atoms with Crippen LogP contribution in [0.25, 0.3) is 20.9 Å². The van der Waals surface area contributed by atoms with Crippen molar-refractivity contribution in [3.05, 3.63) is 90.1 Å². The molecule has 5 aromatic rings. The lowest BCUT2D eigenvalue weighted by Crippen LogP contribution is -2.35. The highest BCUT2D eigenvalue weighted by molar-refractivity contribution is 7.80. The number of nitrogens with zero attached hydrogens (tertiary/aromatic N) is 4. The molecule has 0 aliphatic rings. The summed E-state index contributed by atoms with van der Waals surface area (Å²) in [4.78, 5) is 34.9. The third-order valence-electron chi connectivity index (χ3n) is 6.74. The largest absolute Gasteiger partial charge is 0.465 e. The number of benzene rings is 2. The number of pyridine rings is 1. The maximum atomic E-state index is 15.1. The molecule has 0 radical (unpaired) electrons. The highest BCUT2D eigenvalue weighted by atomic mass is 32.1. The lowest BCUT2D eigenvalue weighted by molar-refractivity contribution is -0.119. The average molecular weight is 649 g/mol. The monoisotopic (exact) mass is 648 g/mol. The first-order chi connectivity index (χ1) is 21.7. The number of thiophene rings is 1. The number of ether oxygens (including phenoxy) is 2. The lowest BCUT2D eigenvalue weighted by atomic mass is 10.1. The van der Waals surface area contributed by atoms with Gasteiger partial charge in [0.15, 0.2) is 16.7 Å². The normalized spacial score (nSPS) is 10.9. The van der Waals surface area contributed by atoms with Crippen LogP contribution in [0.1, 0.15) is 11.3 Å². The summed E-state index contributed by atoms with van der Waals surface area (Å²) in [5, 5.41) is 15.0. The second kappa shape index (κ2) is 14.2. The number of hydrogen-bond donors (Lipinski definition) is 3. The van der Waals surface area contributed by atoms with Crippen LogP contribution in [0, 0.1) is 5.82 Å². The molecule has 2 amide bonds. The van der Waals surface area contributed by atoms with E-state index in [1.54, 1.807) is 24.5 Å². The zero-order valence-corrected chi connectivity index (χ0v) is 26.0. The van der Waals surface area contributed by atoms with Crippen LogP contribution in [-0.2, 0) is 29.5 Å². The summed E-state index contributed by atoms with van der Waals surface area (Å²) in [6.45, 7) is 0.655. The Labute approximate surface area is 267 Å². The molecule has 0 atom stereocenters. The van der Waals surface area contributed by atoms with Gasteiger partial charge in [-0.1, -0.05) is 30.3 Å².